The predicted octanol–water partition coefficient (Wildman–Crippen LogP) is 1.73. The van der Waals surface area contributed by atoms with E-state index in [1.54, 1.807) is 0 Å². The van der Waals surface area contributed by atoms with Gasteiger partial charge in [-0.05, 0) is 18.9 Å². The Kier molecular flexibility index (Phi) is 9.14. The average Bonchev–Trinajstić information content (AvgIpc) is 2.58. The summed E-state index contributed by atoms with van der Waals surface area (Å²) in [5.41, 5.74) is 2.09. The second-order valence-electron chi connectivity index (χ2n) is 5.70. The lowest BCUT2D eigenvalue weighted by atomic mass is 10.1. The van der Waals surface area contributed by atoms with Crippen LogP contribution in [-0.4, -0.2) is 57.2 Å². The first-order valence-electron chi connectivity index (χ1n) is 7.97. The molecule has 10 heteroatoms. The molecule has 0 aliphatic heterocycles. The SMILES string of the molecule is Cc1ccc(CSC[C@H](OC(=O)N[C@@H](CCC(=O)O)C(=O)O)C(=O)O)cc1. The van der Waals surface area contributed by atoms with Crippen LogP contribution < -0.4 is 5.32 Å². The summed E-state index contributed by atoms with van der Waals surface area (Å²) in [6.45, 7) is 1.95. The Morgan fingerprint density at radius 1 is 1.07 bits per heavy atom. The third kappa shape index (κ3) is 8.95. The molecule has 0 spiro atoms. The topological polar surface area (TPSA) is 150 Å². The van der Waals surface area contributed by atoms with Crippen molar-refractivity contribution in [2.24, 2.45) is 0 Å². The van der Waals surface area contributed by atoms with E-state index in [2.05, 4.69) is 0 Å². The van der Waals surface area contributed by atoms with Gasteiger partial charge in [0.05, 0.1) is 0 Å². The van der Waals surface area contributed by atoms with E-state index >= 15 is 0 Å². The second kappa shape index (κ2) is 11.1. The third-order valence-corrected chi connectivity index (χ3v) is 4.50. The van der Waals surface area contributed by atoms with Gasteiger partial charge < -0.3 is 25.4 Å². The van der Waals surface area contributed by atoms with Crippen molar-refractivity contribution in [1.82, 2.24) is 5.32 Å². The normalized spacial score (nSPS) is 12.6. The molecule has 0 saturated carbocycles. The zero-order valence-corrected chi connectivity index (χ0v) is 15.4. The highest BCUT2D eigenvalue weighted by molar-refractivity contribution is 7.98. The van der Waals surface area contributed by atoms with Crippen molar-refractivity contribution in [3.05, 3.63) is 35.4 Å². The highest BCUT2D eigenvalue weighted by Crippen LogP contribution is 2.15. The number of aryl methyl sites for hydroxylation is 1. The summed E-state index contributed by atoms with van der Waals surface area (Å²) >= 11 is 1.25. The number of rotatable bonds is 11. The number of benzene rings is 1. The van der Waals surface area contributed by atoms with Gasteiger partial charge in [-0.2, -0.15) is 11.8 Å². The Hall–Kier alpha value is -2.75. The second-order valence-corrected chi connectivity index (χ2v) is 6.73. The summed E-state index contributed by atoms with van der Waals surface area (Å²) in [6, 6.07) is 6.19. The van der Waals surface area contributed by atoms with Crippen LogP contribution in [0.4, 0.5) is 4.79 Å². The molecule has 0 heterocycles. The number of carboxylic acids is 3. The van der Waals surface area contributed by atoms with Gasteiger partial charge in [0.25, 0.3) is 0 Å². The lowest BCUT2D eigenvalue weighted by Crippen LogP contribution is -2.44. The number of hydrogen-bond donors (Lipinski definition) is 4. The summed E-state index contributed by atoms with van der Waals surface area (Å²) in [6.07, 6.45) is -3.50. The zero-order chi connectivity index (χ0) is 20.4. The molecule has 0 bridgehead atoms. The fourth-order valence-corrected chi connectivity index (χ4v) is 2.93. The summed E-state index contributed by atoms with van der Waals surface area (Å²) in [7, 11) is 0. The van der Waals surface area contributed by atoms with E-state index in [-0.39, 0.29) is 12.2 Å². The minimum Gasteiger partial charge on any atom is -0.481 e. The monoisotopic (exact) mass is 399 g/mol. The van der Waals surface area contributed by atoms with Crippen LogP contribution in [0.25, 0.3) is 0 Å². The van der Waals surface area contributed by atoms with Gasteiger partial charge >= 0.3 is 24.0 Å². The zero-order valence-electron chi connectivity index (χ0n) is 14.6. The summed E-state index contributed by atoms with van der Waals surface area (Å²) in [5, 5.41) is 28.7. The van der Waals surface area contributed by atoms with Crippen molar-refractivity contribution in [3.63, 3.8) is 0 Å². The molecule has 0 aliphatic rings. The molecule has 148 valence electrons. The number of hydrogen-bond acceptors (Lipinski definition) is 6. The standard InChI is InChI=1S/C17H21NO8S/c1-10-2-4-11(5-3-10)8-27-9-13(16(23)24)26-17(25)18-12(15(21)22)6-7-14(19)20/h2-5,12-13H,6-9H2,1H3,(H,18,25)(H,19,20)(H,21,22)(H,23,24)/t12-,13-/m0/s1. The number of carbonyl (C=O) groups is 4. The van der Waals surface area contributed by atoms with E-state index in [1.165, 1.54) is 11.8 Å². The smallest absolute Gasteiger partial charge is 0.408 e. The molecule has 1 aromatic rings. The molecule has 27 heavy (non-hydrogen) atoms. The van der Waals surface area contributed by atoms with Crippen molar-refractivity contribution < 1.29 is 39.2 Å². The van der Waals surface area contributed by atoms with E-state index in [0.29, 0.717) is 5.75 Å². The maximum atomic E-state index is 11.8. The van der Waals surface area contributed by atoms with E-state index in [0.717, 1.165) is 11.1 Å². The van der Waals surface area contributed by atoms with Crippen molar-refractivity contribution in [3.8, 4) is 0 Å². The number of ether oxygens (including phenoxy) is 1. The lowest BCUT2D eigenvalue weighted by molar-refractivity contribution is -0.145. The maximum absolute atomic E-state index is 11.8. The molecule has 0 fully saturated rings. The molecule has 1 amide bonds. The number of aliphatic carboxylic acids is 3. The van der Waals surface area contributed by atoms with Crippen LogP contribution in [0.2, 0.25) is 0 Å². The highest BCUT2D eigenvalue weighted by atomic mass is 32.2. The van der Waals surface area contributed by atoms with E-state index in [4.69, 9.17) is 20.1 Å². The van der Waals surface area contributed by atoms with Crippen molar-refractivity contribution in [1.29, 1.82) is 0 Å². The number of nitrogens with one attached hydrogen (secondary N) is 1. The largest absolute Gasteiger partial charge is 0.481 e. The Balaban J connectivity index is 2.52. The molecule has 1 rings (SSSR count). The lowest BCUT2D eigenvalue weighted by Gasteiger charge is -2.17. The number of carboxylic acid groups (broad SMARTS) is 3. The molecule has 0 aromatic heterocycles. The molecule has 2 atom stereocenters. The van der Waals surface area contributed by atoms with Crippen LogP contribution in [0, 0.1) is 6.92 Å². The van der Waals surface area contributed by atoms with Crippen LogP contribution in [0.3, 0.4) is 0 Å². The fraction of sp³-hybridized carbons (Fsp3) is 0.412. The molecule has 0 aliphatic carbocycles. The first-order chi connectivity index (χ1) is 12.7. The van der Waals surface area contributed by atoms with Crippen LogP contribution in [0.15, 0.2) is 24.3 Å². The Morgan fingerprint density at radius 3 is 2.22 bits per heavy atom. The molecule has 1 aromatic carbocycles. The fourth-order valence-electron chi connectivity index (χ4n) is 1.95. The van der Waals surface area contributed by atoms with Crippen LogP contribution in [0.1, 0.15) is 24.0 Å². The third-order valence-electron chi connectivity index (χ3n) is 3.42. The van der Waals surface area contributed by atoms with Gasteiger partial charge in [0.1, 0.15) is 6.04 Å². The van der Waals surface area contributed by atoms with Gasteiger partial charge in [0, 0.05) is 17.9 Å². The van der Waals surface area contributed by atoms with E-state index in [9.17, 15) is 19.2 Å². The molecule has 4 N–H and O–H groups in total. The van der Waals surface area contributed by atoms with Crippen molar-refractivity contribution in [2.75, 3.05) is 5.75 Å². The minimum atomic E-state index is -1.48. The molecule has 0 radical (unpaired) electrons. The average molecular weight is 399 g/mol. The molecule has 0 saturated heterocycles. The van der Waals surface area contributed by atoms with Gasteiger partial charge in [-0.1, -0.05) is 29.8 Å². The van der Waals surface area contributed by atoms with Gasteiger partial charge in [0.2, 0.25) is 6.10 Å². The van der Waals surface area contributed by atoms with E-state index in [1.807, 2.05) is 36.5 Å². The Bertz CT molecular complexity index is 676. The number of thioether (sulfide) groups is 1. The van der Waals surface area contributed by atoms with Gasteiger partial charge in [0.15, 0.2) is 0 Å². The highest BCUT2D eigenvalue weighted by Gasteiger charge is 2.26. The number of alkyl carbamates (subject to hydrolysis) is 1. The Labute approximate surface area is 159 Å². The molecular weight excluding hydrogens is 378 g/mol. The summed E-state index contributed by atoms with van der Waals surface area (Å²) in [4.78, 5) is 44.6. The van der Waals surface area contributed by atoms with Gasteiger partial charge in [-0.25, -0.2) is 14.4 Å². The van der Waals surface area contributed by atoms with Gasteiger partial charge in [-0.3, -0.25) is 4.79 Å². The quantitative estimate of drug-likeness (QED) is 0.436. The van der Waals surface area contributed by atoms with Crippen molar-refractivity contribution in [2.45, 2.75) is 37.7 Å². The van der Waals surface area contributed by atoms with Gasteiger partial charge in [-0.15, -0.1) is 0 Å². The van der Waals surface area contributed by atoms with Crippen molar-refractivity contribution >= 4 is 35.8 Å². The minimum absolute atomic E-state index is 0.0243. The summed E-state index contributed by atoms with van der Waals surface area (Å²) in [5.74, 6) is -3.52. The molecule has 0 unspecified atom stereocenters. The molecule has 9 nitrogen and oxygen atoms in total. The van der Waals surface area contributed by atoms with E-state index < -0.39 is 42.6 Å². The maximum Gasteiger partial charge on any atom is 0.408 e. The molecular formula is C17H21NO8S. The summed E-state index contributed by atoms with van der Waals surface area (Å²) < 4.78 is 4.78. The number of carbonyl (C=O) groups excluding carboxylic acids is 1. The van der Waals surface area contributed by atoms with Crippen LogP contribution in [-0.2, 0) is 24.9 Å². The first kappa shape index (κ1) is 22.3. The first-order valence-corrected chi connectivity index (χ1v) is 9.12. The predicted molar refractivity (Wildman–Crippen MR) is 96.7 cm³/mol. The van der Waals surface area contributed by atoms with Crippen LogP contribution in [0.5, 0.6) is 0 Å². The van der Waals surface area contributed by atoms with Crippen LogP contribution >= 0.6 is 11.8 Å². The number of amides is 1. The Morgan fingerprint density at radius 2 is 1.70 bits per heavy atom.